The first kappa shape index (κ1) is 6.92. The van der Waals surface area contributed by atoms with Crippen LogP contribution in [0.25, 0.3) is 0 Å². The van der Waals surface area contributed by atoms with Gasteiger partial charge in [-0.25, -0.2) is 0 Å². The van der Waals surface area contributed by atoms with Crippen molar-refractivity contribution in [2.45, 2.75) is 6.42 Å². The molecule has 2 nitrogen and oxygen atoms in total. The Morgan fingerprint density at radius 3 is 2.43 bits per heavy atom. The monoisotopic (exact) mass is 122 g/mol. The zero-order valence-electron chi connectivity index (χ0n) is 3.85. The number of carbonyl (C=O) groups is 1. The van der Waals surface area contributed by atoms with Crippen molar-refractivity contribution >= 4 is 17.4 Å². The molecule has 0 saturated heterocycles. The highest BCUT2D eigenvalue weighted by atomic mass is 35.5. The lowest BCUT2D eigenvalue weighted by Crippen LogP contribution is -2.00. The van der Waals surface area contributed by atoms with Gasteiger partial charge in [-0.3, -0.25) is 4.79 Å². The van der Waals surface area contributed by atoms with Crippen LogP contribution in [0.1, 0.15) is 6.42 Å². The van der Waals surface area contributed by atoms with Gasteiger partial charge in [-0.05, 0) is 0 Å². The Morgan fingerprint density at radius 1 is 1.71 bits per heavy atom. The minimum Gasteiger partial charge on any atom is -0.396 e. The summed E-state index contributed by atoms with van der Waals surface area (Å²) in [5, 5.41) is 8.09. The lowest BCUT2D eigenvalue weighted by atomic mass is 10.3. The van der Waals surface area contributed by atoms with Crippen molar-refractivity contribution in [1.29, 1.82) is 0 Å². The molecular weight excluding hydrogens is 115 g/mol. The van der Waals surface area contributed by atoms with Crippen LogP contribution in [0.3, 0.4) is 0 Å². The number of aliphatic hydroxyl groups excluding tert-OH is 1. The van der Waals surface area contributed by atoms with E-state index in [1.54, 1.807) is 0 Å². The predicted octanol–water partition coefficient (Wildman–Crippen LogP) is 0.177. The van der Waals surface area contributed by atoms with Crippen LogP contribution < -0.4 is 0 Å². The third kappa shape index (κ3) is 3.76. The van der Waals surface area contributed by atoms with Crippen LogP contribution in [0, 0.1) is 0 Å². The first-order valence-electron chi connectivity index (χ1n) is 1.99. The Balaban J connectivity index is 3.00. The molecule has 0 rings (SSSR count). The molecule has 0 spiro atoms. The Hall–Kier alpha value is -0.0800. The molecule has 0 saturated carbocycles. The fraction of sp³-hybridized carbons (Fsp3) is 0.750. The molecule has 0 aliphatic carbocycles. The molecule has 0 aliphatic rings. The van der Waals surface area contributed by atoms with Gasteiger partial charge in [-0.2, -0.15) is 0 Å². The van der Waals surface area contributed by atoms with Crippen LogP contribution in [0.5, 0.6) is 0 Å². The standard InChI is InChI=1S/C4H7ClO2/c5-3-4(7)1-2-6/h6H,1-3H2. The Kier molecular flexibility index (Phi) is 4.04. The molecule has 0 aromatic heterocycles. The summed E-state index contributed by atoms with van der Waals surface area (Å²) in [5.41, 5.74) is 0. The van der Waals surface area contributed by atoms with E-state index in [0.717, 1.165) is 0 Å². The summed E-state index contributed by atoms with van der Waals surface area (Å²) in [6, 6.07) is 0. The molecule has 0 aliphatic heterocycles. The summed E-state index contributed by atoms with van der Waals surface area (Å²) in [6.07, 6.45) is 0.184. The molecule has 0 aromatic rings. The normalized spacial score (nSPS) is 8.86. The van der Waals surface area contributed by atoms with Crippen LogP contribution in [0.2, 0.25) is 0 Å². The lowest BCUT2D eigenvalue weighted by molar-refractivity contribution is -0.117. The molecule has 0 fully saturated rings. The van der Waals surface area contributed by atoms with Gasteiger partial charge in [-0.1, -0.05) is 0 Å². The number of ketones is 1. The Bertz CT molecular complexity index is 62.7. The summed E-state index contributed by atoms with van der Waals surface area (Å²) in [7, 11) is 0. The van der Waals surface area contributed by atoms with E-state index >= 15 is 0 Å². The quantitative estimate of drug-likeness (QED) is 0.542. The molecule has 0 unspecified atom stereocenters. The number of rotatable bonds is 3. The van der Waals surface area contributed by atoms with Crippen LogP contribution in [-0.4, -0.2) is 23.4 Å². The van der Waals surface area contributed by atoms with Crippen molar-refractivity contribution in [3.8, 4) is 0 Å². The number of hydrogen-bond acceptors (Lipinski definition) is 2. The number of hydrogen-bond donors (Lipinski definition) is 1. The molecule has 3 heteroatoms. The predicted molar refractivity (Wildman–Crippen MR) is 27.4 cm³/mol. The number of aliphatic hydroxyl groups is 1. The van der Waals surface area contributed by atoms with Crippen LogP contribution in [0.4, 0.5) is 0 Å². The zero-order chi connectivity index (χ0) is 5.70. The average Bonchev–Trinajstić information content (AvgIpc) is 1.68. The first-order chi connectivity index (χ1) is 3.31. The summed E-state index contributed by atoms with van der Waals surface area (Å²) in [5.74, 6) is -0.0928. The zero-order valence-corrected chi connectivity index (χ0v) is 4.61. The number of Topliss-reactive ketones (excluding diaryl/α,β-unsaturated/α-hetero) is 1. The maximum absolute atomic E-state index is 10.1. The summed E-state index contributed by atoms with van der Waals surface area (Å²) in [6.45, 7) is -0.0917. The molecule has 0 bridgehead atoms. The molecule has 0 radical (unpaired) electrons. The van der Waals surface area contributed by atoms with E-state index in [2.05, 4.69) is 0 Å². The van der Waals surface area contributed by atoms with Crippen molar-refractivity contribution in [2.75, 3.05) is 12.5 Å². The van der Waals surface area contributed by atoms with E-state index in [-0.39, 0.29) is 24.7 Å². The molecule has 0 aromatic carbocycles. The van der Waals surface area contributed by atoms with Crippen LogP contribution in [-0.2, 0) is 4.79 Å². The van der Waals surface area contributed by atoms with Gasteiger partial charge in [0.25, 0.3) is 0 Å². The Morgan fingerprint density at radius 2 is 2.29 bits per heavy atom. The minimum atomic E-state index is -0.107. The third-order valence-electron chi connectivity index (χ3n) is 0.540. The summed E-state index contributed by atoms with van der Waals surface area (Å²) in [4.78, 5) is 10.1. The summed E-state index contributed by atoms with van der Waals surface area (Å²) >= 11 is 5.07. The molecular formula is C4H7ClO2. The van der Waals surface area contributed by atoms with Crippen molar-refractivity contribution in [3.63, 3.8) is 0 Å². The van der Waals surface area contributed by atoms with E-state index in [1.807, 2.05) is 0 Å². The highest BCUT2D eigenvalue weighted by Gasteiger charge is 1.93. The lowest BCUT2D eigenvalue weighted by Gasteiger charge is -1.85. The highest BCUT2D eigenvalue weighted by molar-refractivity contribution is 6.27. The van der Waals surface area contributed by atoms with Gasteiger partial charge in [0.1, 0.15) is 5.78 Å². The second kappa shape index (κ2) is 4.09. The van der Waals surface area contributed by atoms with Crippen LogP contribution >= 0.6 is 11.6 Å². The van der Waals surface area contributed by atoms with Crippen molar-refractivity contribution in [1.82, 2.24) is 0 Å². The SMILES string of the molecule is O=C(CCl)CCO. The fourth-order valence-electron chi connectivity index (χ4n) is 0.192. The van der Waals surface area contributed by atoms with Gasteiger partial charge in [0, 0.05) is 6.42 Å². The molecule has 0 amide bonds. The first-order valence-corrected chi connectivity index (χ1v) is 2.53. The van der Waals surface area contributed by atoms with E-state index in [0.29, 0.717) is 0 Å². The number of alkyl halides is 1. The van der Waals surface area contributed by atoms with Crippen molar-refractivity contribution < 1.29 is 9.90 Å². The van der Waals surface area contributed by atoms with Crippen LogP contribution in [0.15, 0.2) is 0 Å². The van der Waals surface area contributed by atoms with Crippen molar-refractivity contribution in [3.05, 3.63) is 0 Å². The smallest absolute Gasteiger partial charge is 0.149 e. The molecule has 0 atom stereocenters. The summed E-state index contributed by atoms with van der Waals surface area (Å²) < 4.78 is 0. The molecule has 7 heavy (non-hydrogen) atoms. The Labute approximate surface area is 47.1 Å². The van der Waals surface area contributed by atoms with E-state index in [9.17, 15) is 4.79 Å². The van der Waals surface area contributed by atoms with E-state index in [4.69, 9.17) is 16.7 Å². The van der Waals surface area contributed by atoms with Gasteiger partial charge < -0.3 is 5.11 Å². The minimum absolute atomic E-state index is 0.0144. The molecule has 1 N–H and O–H groups in total. The van der Waals surface area contributed by atoms with Gasteiger partial charge in [0.2, 0.25) is 0 Å². The van der Waals surface area contributed by atoms with Crippen molar-refractivity contribution in [2.24, 2.45) is 0 Å². The third-order valence-corrected chi connectivity index (χ3v) is 0.838. The topological polar surface area (TPSA) is 37.3 Å². The molecule has 0 heterocycles. The van der Waals surface area contributed by atoms with Gasteiger partial charge >= 0.3 is 0 Å². The number of carbonyl (C=O) groups excluding carboxylic acids is 1. The highest BCUT2D eigenvalue weighted by Crippen LogP contribution is 1.82. The number of halogens is 1. The molecule has 42 valence electrons. The fourth-order valence-corrected chi connectivity index (χ4v) is 0.325. The average molecular weight is 123 g/mol. The van der Waals surface area contributed by atoms with E-state index < -0.39 is 0 Å². The van der Waals surface area contributed by atoms with Gasteiger partial charge in [-0.15, -0.1) is 11.6 Å². The second-order valence-electron chi connectivity index (χ2n) is 1.15. The maximum Gasteiger partial charge on any atom is 0.149 e. The largest absolute Gasteiger partial charge is 0.396 e. The maximum atomic E-state index is 10.1. The second-order valence-corrected chi connectivity index (χ2v) is 1.41. The van der Waals surface area contributed by atoms with Gasteiger partial charge in [0.05, 0.1) is 12.5 Å². The van der Waals surface area contributed by atoms with Gasteiger partial charge in [0.15, 0.2) is 0 Å². The van der Waals surface area contributed by atoms with E-state index in [1.165, 1.54) is 0 Å².